The average molecular weight is 185 g/mol. The van der Waals surface area contributed by atoms with E-state index in [1.165, 1.54) is 6.08 Å². The van der Waals surface area contributed by atoms with E-state index in [1.54, 1.807) is 0 Å². The third kappa shape index (κ3) is 7.54. The topological polar surface area (TPSA) is 38.7 Å². The largest absolute Gasteiger partial charge is 0.383 e. The van der Waals surface area contributed by atoms with Gasteiger partial charge in [0.15, 0.2) is 0 Å². The monoisotopic (exact) mass is 185 g/mol. The summed E-state index contributed by atoms with van der Waals surface area (Å²) in [5.74, 6) is 0. The van der Waals surface area contributed by atoms with E-state index in [0.717, 1.165) is 38.5 Å². The summed E-state index contributed by atoms with van der Waals surface area (Å²) in [4.78, 5) is 14.8. The molecular weight excluding hydrogens is 166 g/mol. The lowest BCUT2D eigenvalue weighted by Crippen LogP contribution is -2.09. The molecule has 0 atom stereocenters. The van der Waals surface area contributed by atoms with Gasteiger partial charge in [-0.25, -0.2) is 4.79 Å². The van der Waals surface area contributed by atoms with Crippen molar-refractivity contribution in [1.29, 1.82) is 0 Å². The minimum Gasteiger partial charge on any atom is -0.383 e. The van der Waals surface area contributed by atoms with Gasteiger partial charge < -0.3 is 4.84 Å². The van der Waals surface area contributed by atoms with Crippen LogP contribution < -0.4 is 0 Å². The van der Waals surface area contributed by atoms with Crippen molar-refractivity contribution in [2.45, 2.75) is 58.5 Å². The van der Waals surface area contributed by atoms with Gasteiger partial charge in [-0.1, -0.05) is 26.7 Å². The van der Waals surface area contributed by atoms with Crippen LogP contribution in [-0.2, 0) is 9.63 Å². The van der Waals surface area contributed by atoms with E-state index >= 15 is 0 Å². The molecule has 0 bridgehead atoms. The summed E-state index contributed by atoms with van der Waals surface area (Å²) in [6.07, 6.45) is 8.05. The van der Waals surface area contributed by atoms with Crippen LogP contribution in [0.15, 0.2) is 5.16 Å². The van der Waals surface area contributed by atoms with Crippen molar-refractivity contribution in [1.82, 2.24) is 0 Å². The fraction of sp³-hybridized carbons (Fsp3) is 0.900. The summed E-state index contributed by atoms with van der Waals surface area (Å²) in [6.45, 7) is 4.28. The molecule has 0 heterocycles. The molecule has 3 nitrogen and oxygen atoms in total. The first-order chi connectivity index (χ1) is 6.35. The van der Waals surface area contributed by atoms with Crippen LogP contribution in [0.4, 0.5) is 0 Å². The highest BCUT2D eigenvalue weighted by molar-refractivity contribution is 5.31. The van der Waals surface area contributed by atoms with Crippen molar-refractivity contribution in [3.8, 4) is 0 Å². The quantitative estimate of drug-likeness (QED) is 0.331. The van der Waals surface area contributed by atoms with Crippen LogP contribution in [0.25, 0.3) is 0 Å². The Labute approximate surface area is 80.1 Å². The number of unbranched alkanes of at least 4 members (excludes halogenated alkanes) is 2. The Balaban J connectivity index is 3.65. The van der Waals surface area contributed by atoms with Crippen molar-refractivity contribution in [2.75, 3.05) is 0 Å². The van der Waals surface area contributed by atoms with E-state index in [1.807, 2.05) is 0 Å². The Kier molecular flexibility index (Phi) is 8.68. The second kappa shape index (κ2) is 9.27. The molecule has 0 aromatic heterocycles. The molecule has 0 unspecified atom stereocenters. The van der Waals surface area contributed by atoms with Crippen molar-refractivity contribution in [2.24, 2.45) is 5.16 Å². The number of isocyanates is 1. The minimum absolute atomic E-state index is 0.112. The smallest absolute Gasteiger partial charge is 0.276 e. The molecule has 0 rings (SSSR count). The molecule has 0 aromatic carbocycles. The maximum absolute atomic E-state index is 9.84. The summed E-state index contributed by atoms with van der Waals surface area (Å²) < 4.78 is 0. The van der Waals surface area contributed by atoms with Crippen LogP contribution in [0, 0.1) is 0 Å². The number of hydrogen-bond acceptors (Lipinski definition) is 3. The van der Waals surface area contributed by atoms with Gasteiger partial charge in [0.25, 0.3) is 6.08 Å². The maximum Gasteiger partial charge on any atom is 0.276 e. The number of hydrogen-bond donors (Lipinski definition) is 0. The van der Waals surface area contributed by atoms with E-state index in [2.05, 4.69) is 19.0 Å². The average Bonchev–Trinajstić information content (AvgIpc) is 2.17. The Bertz CT molecular complexity index is 145. The SMILES string of the molecule is CCCCC(CCCC)ON=C=O. The summed E-state index contributed by atoms with van der Waals surface area (Å²) in [5, 5.41) is 3.17. The Morgan fingerprint density at radius 3 is 2.15 bits per heavy atom. The Morgan fingerprint density at radius 2 is 1.77 bits per heavy atom. The van der Waals surface area contributed by atoms with E-state index in [4.69, 9.17) is 4.84 Å². The third-order valence-electron chi connectivity index (χ3n) is 2.00. The lowest BCUT2D eigenvalue weighted by molar-refractivity contribution is 0.0436. The Hall–Kier alpha value is -0.820. The molecule has 0 aliphatic carbocycles. The highest BCUT2D eigenvalue weighted by atomic mass is 16.6. The van der Waals surface area contributed by atoms with E-state index < -0.39 is 0 Å². The summed E-state index contributed by atoms with van der Waals surface area (Å²) >= 11 is 0. The van der Waals surface area contributed by atoms with Gasteiger partial charge in [-0.05, 0) is 25.7 Å². The first-order valence-corrected chi connectivity index (χ1v) is 5.08. The minimum atomic E-state index is 0.112. The molecule has 0 amide bonds. The zero-order valence-corrected chi connectivity index (χ0v) is 8.58. The fourth-order valence-corrected chi connectivity index (χ4v) is 1.21. The number of nitrogens with zero attached hydrogens (tertiary/aromatic N) is 1. The molecule has 0 radical (unpaired) electrons. The molecule has 0 aliphatic heterocycles. The lowest BCUT2D eigenvalue weighted by Gasteiger charge is -2.12. The highest BCUT2D eigenvalue weighted by Crippen LogP contribution is 2.12. The number of rotatable bonds is 8. The van der Waals surface area contributed by atoms with Gasteiger partial charge in [0.2, 0.25) is 0 Å². The molecule has 0 saturated heterocycles. The van der Waals surface area contributed by atoms with Crippen molar-refractivity contribution < 1.29 is 9.63 Å². The standard InChI is InChI=1S/C10H19NO2/c1-3-5-7-10(8-6-4-2)13-11-9-12/h10H,3-8H2,1-2H3. The van der Waals surface area contributed by atoms with E-state index in [-0.39, 0.29) is 6.10 Å². The zero-order valence-electron chi connectivity index (χ0n) is 8.58. The van der Waals surface area contributed by atoms with Gasteiger partial charge in [-0.2, -0.15) is 0 Å². The van der Waals surface area contributed by atoms with Gasteiger partial charge in [0, 0.05) is 5.16 Å². The highest BCUT2D eigenvalue weighted by Gasteiger charge is 2.07. The predicted molar refractivity (Wildman–Crippen MR) is 52.0 cm³/mol. The van der Waals surface area contributed by atoms with E-state index in [0.29, 0.717) is 0 Å². The molecule has 13 heavy (non-hydrogen) atoms. The Morgan fingerprint density at radius 1 is 1.23 bits per heavy atom. The molecule has 0 N–H and O–H groups in total. The fourth-order valence-electron chi connectivity index (χ4n) is 1.21. The van der Waals surface area contributed by atoms with Crippen LogP contribution in [0.1, 0.15) is 52.4 Å². The summed E-state index contributed by atoms with van der Waals surface area (Å²) in [6, 6.07) is 0. The van der Waals surface area contributed by atoms with Gasteiger partial charge in [-0.15, -0.1) is 0 Å². The van der Waals surface area contributed by atoms with Crippen molar-refractivity contribution in [3.63, 3.8) is 0 Å². The number of carbonyl (C=O) groups excluding carboxylic acids is 1. The molecule has 0 saturated carbocycles. The predicted octanol–water partition coefficient (Wildman–Crippen LogP) is 3.00. The lowest BCUT2D eigenvalue weighted by atomic mass is 10.1. The van der Waals surface area contributed by atoms with Crippen LogP contribution in [0.3, 0.4) is 0 Å². The van der Waals surface area contributed by atoms with E-state index in [9.17, 15) is 4.79 Å². The molecule has 0 spiro atoms. The molecule has 0 fully saturated rings. The van der Waals surface area contributed by atoms with Gasteiger partial charge >= 0.3 is 0 Å². The van der Waals surface area contributed by atoms with Crippen LogP contribution in [0.5, 0.6) is 0 Å². The summed E-state index contributed by atoms with van der Waals surface area (Å²) in [7, 11) is 0. The van der Waals surface area contributed by atoms with Gasteiger partial charge in [0.1, 0.15) is 6.10 Å². The zero-order chi connectivity index (χ0) is 9.94. The third-order valence-corrected chi connectivity index (χ3v) is 2.00. The van der Waals surface area contributed by atoms with Crippen LogP contribution in [-0.4, -0.2) is 12.2 Å². The first-order valence-electron chi connectivity index (χ1n) is 5.08. The van der Waals surface area contributed by atoms with Crippen LogP contribution >= 0.6 is 0 Å². The van der Waals surface area contributed by atoms with Crippen molar-refractivity contribution in [3.05, 3.63) is 0 Å². The van der Waals surface area contributed by atoms with Gasteiger partial charge in [0.05, 0.1) is 0 Å². The first kappa shape index (κ1) is 12.2. The van der Waals surface area contributed by atoms with Crippen LogP contribution in [0.2, 0.25) is 0 Å². The second-order valence-electron chi connectivity index (χ2n) is 3.19. The summed E-state index contributed by atoms with van der Waals surface area (Å²) in [5.41, 5.74) is 0. The maximum atomic E-state index is 9.84. The normalized spacial score (nSPS) is 9.77. The van der Waals surface area contributed by atoms with Gasteiger partial charge in [-0.3, -0.25) is 0 Å². The van der Waals surface area contributed by atoms with Crippen molar-refractivity contribution >= 4 is 6.08 Å². The second-order valence-corrected chi connectivity index (χ2v) is 3.19. The molecule has 76 valence electrons. The molecule has 3 heteroatoms. The molecular formula is C10H19NO2. The molecule has 0 aliphatic rings. The molecule has 0 aromatic rings.